The first-order valence-corrected chi connectivity index (χ1v) is 4.28. The van der Waals surface area contributed by atoms with E-state index < -0.39 is 0 Å². The van der Waals surface area contributed by atoms with E-state index in [1.54, 1.807) is 7.11 Å². The molecule has 0 spiro atoms. The summed E-state index contributed by atoms with van der Waals surface area (Å²) in [5.74, 6) is 5.76. The van der Waals surface area contributed by atoms with Gasteiger partial charge < -0.3 is 4.74 Å². The van der Waals surface area contributed by atoms with Gasteiger partial charge in [0, 0.05) is 19.7 Å². The zero-order valence-corrected chi connectivity index (χ0v) is 7.42. The normalized spacial score (nSPS) is 29.2. The Kier molecular flexibility index (Phi) is 3.30. The Morgan fingerprint density at radius 3 is 2.91 bits per heavy atom. The quantitative estimate of drug-likeness (QED) is 0.616. The second-order valence-corrected chi connectivity index (χ2v) is 3.32. The summed E-state index contributed by atoms with van der Waals surface area (Å²) in [6.07, 6.45) is 3.86. The van der Waals surface area contributed by atoms with Crippen LogP contribution in [0.1, 0.15) is 26.2 Å². The first-order chi connectivity index (χ1) is 5.24. The Morgan fingerprint density at radius 1 is 1.73 bits per heavy atom. The molecule has 1 rings (SSSR count). The fourth-order valence-corrected chi connectivity index (χ4v) is 1.59. The van der Waals surface area contributed by atoms with Gasteiger partial charge in [-0.2, -0.15) is 0 Å². The van der Waals surface area contributed by atoms with E-state index in [2.05, 4.69) is 6.92 Å². The van der Waals surface area contributed by atoms with Gasteiger partial charge >= 0.3 is 0 Å². The Bertz CT molecular complexity index is 119. The average molecular weight is 158 g/mol. The molecule has 66 valence electrons. The summed E-state index contributed by atoms with van der Waals surface area (Å²) in [6.45, 7) is 3.13. The maximum absolute atomic E-state index is 5.76. The molecule has 3 heteroatoms. The van der Waals surface area contributed by atoms with E-state index in [9.17, 15) is 0 Å². The average Bonchev–Trinajstić information content (AvgIpc) is 2.37. The van der Waals surface area contributed by atoms with Crippen LogP contribution in [0.5, 0.6) is 0 Å². The molecular weight excluding hydrogens is 140 g/mol. The van der Waals surface area contributed by atoms with E-state index in [0.717, 1.165) is 13.0 Å². The molecule has 2 atom stereocenters. The third kappa shape index (κ3) is 2.43. The molecule has 0 bridgehead atoms. The maximum Gasteiger partial charge on any atom is 0.0558 e. The van der Waals surface area contributed by atoms with E-state index in [-0.39, 0.29) is 0 Å². The Hall–Kier alpha value is -0.120. The molecule has 1 aliphatic heterocycles. The number of methoxy groups -OCH3 is 1. The van der Waals surface area contributed by atoms with Crippen molar-refractivity contribution in [2.24, 2.45) is 5.84 Å². The summed E-state index contributed by atoms with van der Waals surface area (Å²) < 4.78 is 5.18. The van der Waals surface area contributed by atoms with Gasteiger partial charge in [-0.1, -0.05) is 0 Å². The molecule has 0 saturated carbocycles. The van der Waals surface area contributed by atoms with Crippen molar-refractivity contribution in [2.45, 2.75) is 38.3 Å². The van der Waals surface area contributed by atoms with Gasteiger partial charge in [0.25, 0.3) is 0 Å². The van der Waals surface area contributed by atoms with E-state index >= 15 is 0 Å². The zero-order valence-electron chi connectivity index (χ0n) is 7.42. The van der Waals surface area contributed by atoms with E-state index in [0.29, 0.717) is 12.1 Å². The highest BCUT2D eigenvalue weighted by Crippen LogP contribution is 2.18. The van der Waals surface area contributed by atoms with E-state index in [4.69, 9.17) is 10.6 Å². The molecule has 1 saturated heterocycles. The van der Waals surface area contributed by atoms with Crippen LogP contribution >= 0.6 is 0 Å². The van der Waals surface area contributed by atoms with Crippen LogP contribution in [0.2, 0.25) is 0 Å². The Balaban J connectivity index is 2.24. The molecule has 1 fully saturated rings. The summed E-state index contributed by atoms with van der Waals surface area (Å²) >= 11 is 0. The topological polar surface area (TPSA) is 38.5 Å². The summed E-state index contributed by atoms with van der Waals surface area (Å²) in [7, 11) is 1.75. The fourth-order valence-electron chi connectivity index (χ4n) is 1.59. The molecule has 1 aliphatic rings. The van der Waals surface area contributed by atoms with Crippen LogP contribution in [0.4, 0.5) is 0 Å². The summed E-state index contributed by atoms with van der Waals surface area (Å²) in [4.78, 5) is 0. The van der Waals surface area contributed by atoms with Crippen molar-refractivity contribution in [1.82, 2.24) is 5.01 Å². The van der Waals surface area contributed by atoms with Crippen molar-refractivity contribution >= 4 is 0 Å². The number of nitrogens with two attached hydrogens (primary N) is 1. The molecule has 2 unspecified atom stereocenters. The molecule has 0 aromatic rings. The molecule has 0 amide bonds. The van der Waals surface area contributed by atoms with Crippen molar-refractivity contribution < 1.29 is 4.74 Å². The summed E-state index contributed by atoms with van der Waals surface area (Å²) in [5.41, 5.74) is 0. The largest absolute Gasteiger partial charge is 0.382 e. The Labute approximate surface area is 68.5 Å². The lowest BCUT2D eigenvalue weighted by Gasteiger charge is -2.21. The number of rotatable bonds is 3. The lowest BCUT2D eigenvalue weighted by molar-refractivity contribution is 0.0832. The molecule has 3 nitrogen and oxygen atoms in total. The number of hydrogen-bond acceptors (Lipinski definition) is 3. The van der Waals surface area contributed by atoms with Crippen LogP contribution in [0.25, 0.3) is 0 Å². The molecule has 11 heavy (non-hydrogen) atoms. The smallest absolute Gasteiger partial charge is 0.0558 e. The lowest BCUT2D eigenvalue weighted by Crippen LogP contribution is -2.37. The van der Waals surface area contributed by atoms with Gasteiger partial charge in [-0.3, -0.25) is 5.84 Å². The SMILES string of the molecule is COC(C)CC1CCCN1N. The first-order valence-electron chi connectivity index (χ1n) is 4.28. The van der Waals surface area contributed by atoms with Crippen LogP contribution in [0.3, 0.4) is 0 Å². The van der Waals surface area contributed by atoms with Gasteiger partial charge in [0.2, 0.25) is 0 Å². The van der Waals surface area contributed by atoms with Crippen LogP contribution in [-0.2, 0) is 4.74 Å². The van der Waals surface area contributed by atoms with Crippen molar-refractivity contribution in [2.75, 3.05) is 13.7 Å². The van der Waals surface area contributed by atoms with Crippen LogP contribution in [-0.4, -0.2) is 30.8 Å². The Morgan fingerprint density at radius 2 is 2.45 bits per heavy atom. The highest BCUT2D eigenvalue weighted by molar-refractivity contribution is 4.76. The fraction of sp³-hybridized carbons (Fsp3) is 1.00. The van der Waals surface area contributed by atoms with Gasteiger partial charge in [0.15, 0.2) is 0 Å². The maximum atomic E-state index is 5.76. The third-order valence-electron chi connectivity index (χ3n) is 2.43. The standard InChI is InChI=1S/C8H18N2O/c1-7(11-2)6-8-4-3-5-10(8)9/h7-8H,3-6,9H2,1-2H3. The zero-order chi connectivity index (χ0) is 8.27. The van der Waals surface area contributed by atoms with E-state index in [1.165, 1.54) is 12.8 Å². The van der Waals surface area contributed by atoms with Crippen LogP contribution < -0.4 is 5.84 Å². The van der Waals surface area contributed by atoms with Gasteiger partial charge in [0.1, 0.15) is 0 Å². The molecule has 0 aromatic heterocycles. The number of nitrogens with zero attached hydrogens (tertiary/aromatic N) is 1. The summed E-state index contributed by atoms with van der Waals surface area (Å²) in [5, 5.41) is 1.94. The molecule has 0 aliphatic carbocycles. The second-order valence-electron chi connectivity index (χ2n) is 3.32. The minimum atomic E-state index is 0.337. The van der Waals surface area contributed by atoms with Gasteiger partial charge in [-0.25, -0.2) is 5.01 Å². The molecular formula is C8H18N2O. The predicted molar refractivity (Wildman–Crippen MR) is 45.0 cm³/mol. The first kappa shape index (κ1) is 8.97. The van der Waals surface area contributed by atoms with Gasteiger partial charge in [-0.15, -0.1) is 0 Å². The van der Waals surface area contributed by atoms with Crippen molar-refractivity contribution in [3.63, 3.8) is 0 Å². The summed E-state index contributed by atoms with van der Waals surface area (Å²) in [6, 6.07) is 0.546. The van der Waals surface area contributed by atoms with Crippen LogP contribution in [0.15, 0.2) is 0 Å². The minimum Gasteiger partial charge on any atom is -0.382 e. The molecule has 1 heterocycles. The van der Waals surface area contributed by atoms with E-state index in [1.807, 2.05) is 5.01 Å². The highest BCUT2D eigenvalue weighted by Gasteiger charge is 2.22. The van der Waals surface area contributed by atoms with Crippen molar-refractivity contribution in [3.8, 4) is 0 Å². The third-order valence-corrected chi connectivity index (χ3v) is 2.43. The monoisotopic (exact) mass is 158 g/mol. The number of hydrogen-bond donors (Lipinski definition) is 1. The molecule has 2 N–H and O–H groups in total. The lowest BCUT2D eigenvalue weighted by atomic mass is 10.1. The predicted octanol–water partition coefficient (Wildman–Crippen LogP) is 0.750. The van der Waals surface area contributed by atoms with Gasteiger partial charge in [0.05, 0.1) is 6.10 Å². The number of ether oxygens (including phenoxy) is 1. The van der Waals surface area contributed by atoms with Crippen molar-refractivity contribution in [1.29, 1.82) is 0 Å². The molecule has 0 radical (unpaired) electrons. The van der Waals surface area contributed by atoms with Crippen LogP contribution in [0, 0.1) is 0 Å². The highest BCUT2D eigenvalue weighted by atomic mass is 16.5. The van der Waals surface area contributed by atoms with Gasteiger partial charge in [-0.05, 0) is 26.2 Å². The molecule has 0 aromatic carbocycles. The minimum absolute atomic E-state index is 0.337. The van der Waals surface area contributed by atoms with Crippen molar-refractivity contribution in [3.05, 3.63) is 0 Å². The number of hydrazine groups is 1. The second kappa shape index (κ2) is 4.04.